The van der Waals surface area contributed by atoms with Crippen LogP contribution in [0.3, 0.4) is 0 Å². The molecule has 4 saturated carbocycles. The lowest BCUT2D eigenvalue weighted by atomic mass is 9.49. The summed E-state index contributed by atoms with van der Waals surface area (Å²) in [6.45, 7) is 4.33. The Bertz CT molecular complexity index is 673. The van der Waals surface area contributed by atoms with Gasteiger partial charge in [-0.05, 0) is 89.4 Å². The first-order valence-electron chi connectivity index (χ1n) is 10.8. The second-order valence-corrected chi connectivity index (χ2v) is 10.7. The highest BCUT2D eigenvalue weighted by molar-refractivity contribution is 7.99. The Morgan fingerprint density at radius 1 is 1.07 bits per heavy atom. The van der Waals surface area contributed by atoms with Gasteiger partial charge in [-0.25, -0.2) is 0 Å². The van der Waals surface area contributed by atoms with Crippen LogP contribution in [0.25, 0.3) is 0 Å². The number of thioether (sulfide) groups is 1. The minimum atomic E-state index is 0.139. The molecule has 0 unspecified atom stereocenters. The van der Waals surface area contributed by atoms with Crippen LogP contribution in [0, 0.1) is 17.8 Å². The molecule has 2 heterocycles. The lowest BCUT2D eigenvalue weighted by Crippen LogP contribution is -2.48. The van der Waals surface area contributed by atoms with Crippen molar-refractivity contribution in [3.63, 3.8) is 0 Å². The van der Waals surface area contributed by atoms with Crippen molar-refractivity contribution in [2.75, 3.05) is 5.75 Å². The first kappa shape index (κ1) is 18.0. The van der Waals surface area contributed by atoms with Crippen molar-refractivity contribution in [1.29, 1.82) is 0 Å². The SMILES string of the molecule is C[C@@H]1CCC[C@H](C)N1C(=O)CSc1nnc(C23CC4CC(CC(C4)C2)C3)o1. The molecule has 5 fully saturated rings. The van der Waals surface area contributed by atoms with Gasteiger partial charge in [0, 0.05) is 17.5 Å². The Hall–Kier alpha value is -1.04. The molecule has 1 aromatic rings. The number of likely N-dealkylation sites (tertiary alicyclic amines) is 1. The Balaban J connectivity index is 1.25. The number of amides is 1. The molecular formula is C21H31N3O2S. The third kappa shape index (κ3) is 3.22. The second kappa shape index (κ2) is 6.78. The number of hydrogen-bond donors (Lipinski definition) is 0. The van der Waals surface area contributed by atoms with Gasteiger partial charge < -0.3 is 9.32 Å². The standard InChI is InChI=1S/C21H31N3O2S/c1-13-4-3-5-14(2)24(13)18(25)12-27-20-23-22-19(26-20)21-9-15-6-16(10-21)8-17(7-15)11-21/h13-17H,3-12H2,1-2H3/t13-,14+,15?,16?,17?,21?. The van der Waals surface area contributed by atoms with Gasteiger partial charge in [0.05, 0.1) is 5.75 Å². The summed E-state index contributed by atoms with van der Waals surface area (Å²) in [7, 11) is 0. The van der Waals surface area contributed by atoms with Gasteiger partial charge in [-0.2, -0.15) is 0 Å². The number of carbonyl (C=O) groups excluding carboxylic acids is 1. The Morgan fingerprint density at radius 2 is 1.67 bits per heavy atom. The number of hydrogen-bond acceptors (Lipinski definition) is 5. The van der Waals surface area contributed by atoms with Crippen molar-refractivity contribution in [1.82, 2.24) is 15.1 Å². The van der Waals surface area contributed by atoms with Crippen molar-refractivity contribution >= 4 is 17.7 Å². The Morgan fingerprint density at radius 3 is 2.26 bits per heavy atom. The molecule has 1 saturated heterocycles. The maximum absolute atomic E-state index is 12.7. The maximum Gasteiger partial charge on any atom is 0.277 e. The third-order valence-corrected chi connectivity index (χ3v) is 8.50. The van der Waals surface area contributed by atoms with Crippen LogP contribution in [0.4, 0.5) is 0 Å². The predicted molar refractivity (Wildman–Crippen MR) is 104 cm³/mol. The van der Waals surface area contributed by atoms with E-state index in [1.807, 2.05) is 0 Å². The van der Waals surface area contributed by atoms with Crippen molar-refractivity contribution in [3.05, 3.63) is 5.89 Å². The zero-order valence-corrected chi connectivity index (χ0v) is 17.3. The summed E-state index contributed by atoms with van der Waals surface area (Å²) in [5.74, 6) is 4.05. The number of aromatic nitrogens is 2. The van der Waals surface area contributed by atoms with Crippen molar-refractivity contribution in [2.24, 2.45) is 17.8 Å². The minimum Gasteiger partial charge on any atom is -0.415 e. The summed E-state index contributed by atoms with van der Waals surface area (Å²) in [6.07, 6.45) is 11.4. The zero-order valence-electron chi connectivity index (χ0n) is 16.5. The molecule has 0 aromatic carbocycles. The highest BCUT2D eigenvalue weighted by Crippen LogP contribution is 2.60. The average molecular weight is 390 g/mol. The molecule has 4 bridgehead atoms. The topological polar surface area (TPSA) is 59.2 Å². The van der Waals surface area contributed by atoms with Crippen LogP contribution < -0.4 is 0 Å². The van der Waals surface area contributed by atoms with Crippen LogP contribution in [-0.4, -0.2) is 38.8 Å². The minimum absolute atomic E-state index is 0.139. The van der Waals surface area contributed by atoms with E-state index < -0.39 is 0 Å². The van der Waals surface area contributed by atoms with Crippen molar-refractivity contribution in [3.8, 4) is 0 Å². The summed E-state index contributed by atoms with van der Waals surface area (Å²) < 4.78 is 6.13. The van der Waals surface area contributed by atoms with Gasteiger partial charge in [-0.3, -0.25) is 4.79 Å². The van der Waals surface area contributed by atoms with E-state index in [-0.39, 0.29) is 11.3 Å². The van der Waals surface area contributed by atoms with E-state index in [1.165, 1.54) is 56.7 Å². The molecular weight excluding hydrogens is 358 g/mol. The summed E-state index contributed by atoms with van der Waals surface area (Å²) in [6, 6.07) is 0.680. The third-order valence-electron chi connectivity index (χ3n) is 7.70. The normalized spacial score (nSPS) is 40.5. The summed E-state index contributed by atoms with van der Waals surface area (Å²) in [5.41, 5.74) is 0.139. The van der Waals surface area contributed by atoms with Gasteiger partial charge >= 0.3 is 0 Å². The molecule has 6 heteroatoms. The fourth-order valence-electron chi connectivity index (χ4n) is 6.97. The van der Waals surface area contributed by atoms with E-state index in [4.69, 9.17) is 4.42 Å². The van der Waals surface area contributed by atoms with Gasteiger partial charge in [0.1, 0.15) is 0 Å². The molecule has 1 aliphatic heterocycles. The van der Waals surface area contributed by atoms with Crippen molar-refractivity contribution in [2.45, 2.75) is 94.4 Å². The largest absolute Gasteiger partial charge is 0.415 e. The van der Waals surface area contributed by atoms with Crippen LogP contribution in [0.15, 0.2) is 9.64 Å². The van der Waals surface area contributed by atoms with Crippen LogP contribution in [0.2, 0.25) is 0 Å². The van der Waals surface area contributed by atoms with E-state index in [0.717, 1.165) is 36.5 Å². The fraction of sp³-hybridized carbons (Fsp3) is 0.857. The number of rotatable bonds is 4. The molecule has 2 atom stereocenters. The lowest BCUT2D eigenvalue weighted by molar-refractivity contribution is -0.134. The molecule has 0 spiro atoms. The van der Waals surface area contributed by atoms with E-state index in [2.05, 4.69) is 28.9 Å². The molecule has 6 rings (SSSR count). The number of piperidine rings is 1. The predicted octanol–water partition coefficient (Wildman–Crippen LogP) is 4.42. The summed E-state index contributed by atoms with van der Waals surface area (Å²) >= 11 is 1.42. The van der Waals surface area contributed by atoms with Gasteiger partial charge in [0.15, 0.2) is 0 Å². The first-order valence-corrected chi connectivity index (χ1v) is 11.8. The number of nitrogens with zero attached hydrogens (tertiary/aromatic N) is 3. The van der Waals surface area contributed by atoms with Crippen molar-refractivity contribution < 1.29 is 9.21 Å². The highest BCUT2D eigenvalue weighted by Gasteiger charge is 2.54. The highest BCUT2D eigenvalue weighted by atomic mass is 32.2. The van der Waals surface area contributed by atoms with Crippen LogP contribution in [-0.2, 0) is 10.2 Å². The molecule has 0 N–H and O–H groups in total. The molecule has 148 valence electrons. The lowest BCUT2D eigenvalue weighted by Gasteiger charge is -2.55. The second-order valence-electron chi connectivity index (χ2n) is 9.79. The summed E-state index contributed by atoms with van der Waals surface area (Å²) in [4.78, 5) is 14.8. The smallest absolute Gasteiger partial charge is 0.277 e. The van der Waals surface area contributed by atoms with Crippen LogP contribution in [0.1, 0.15) is 77.5 Å². The van der Waals surface area contributed by atoms with E-state index in [9.17, 15) is 4.79 Å². The molecule has 1 amide bonds. The van der Waals surface area contributed by atoms with Gasteiger partial charge in [0.25, 0.3) is 5.22 Å². The number of carbonyl (C=O) groups is 1. The van der Waals surface area contributed by atoms with Crippen LogP contribution in [0.5, 0.6) is 0 Å². The summed E-state index contributed by atoms with van der Waals surface area (Å²) in [5, 5.41) is 9.34. The first-order chi connectivity index (χ1) is 13.0. The molecule has 5 nitrogen and oxygen atoms in total. The Kier molecular flexibility index (Phi) is 4.53. The molecule has 27 heavy (non-hydrogen) atoms. The molecule has 1 aromatic heterocycles. The maximum atomic E-state index is 12.7. The molecule has 5 aliphatic rings. The van der Waals surface area contributed by atoms with E-state index in [1.54, 1.807) is 0 Å². The van der Waals surface area contributed by atoms with Gasteiger partial charge in [0.2, 0.25) is 11.8 Å². The fourth-order valence-corrected chi connectivity index (χ4v) is 7.60. The van der Waals surface area contributed by atoms with Gasteiger partial charge in [-0.1, -0.05) is 11.8 Å². The molecule has 4 aliphatic carbocycles. The van der Waals surface area contributed by atoms with Gasteiger partial charge in [-0.15, -0.1) is 10.2 Å². The quantitative estimate of drug-likeness (QED) is 0.714. The monoisotopic (exact) mass is 389 g/mol. The molecule has 0 radical (unpaired) electrons. The van der Waals surface area contributed by atoms with E-state index >= 15 is 0 Å². The average Bonchev–Trinajstić information content (AvgIpc) is 3.08. The van der Waals surface area contributed by atoms with Crippen LogP contribution >= 0.6 is 11.8 Å². The zero-order chi connectivity index (χ0) is 18.6. The van der Waals surface area contributed by atoms with E-state index in [0.29, 0.717) is 23.1 Å². The Labute approximate surface area is 166 Å².